The van der Waals surface area contributed by atoms with Gasteiger partial charge in [0.25, 0.3) is 5.91 Å². The van der Waals surface area contributed by atoms with E-state index in [4.69, 9.17) is 0 Å². The quantitative estimate of drug-likeness (QED) is 0.836. The molecule has 1 amide bonds. The van der Waals surface area contributed by atoms with Crippen LogP contribution in [0, 0.1) is 0 Å². The zero-order valence-corrected chi connectivity index (χ0v) is 11.1. The summed E-state index contributed by atoms with van der Waals surface area (Å²) in [6, 6.07) is 1.70. The van der Waals surface area contributed by atoms with Crippen molar-refractivity contribution in [3.8, 4) is 0 Å². The third kappa shape index (κ3) is 2.73. The molecule has 0 aliphatic rings. The van der Waals surface area contributed by atoms with Crippen molar-refractivity contribution in [2.45, 2.75) is 19.8 Å². The Hall–Kier alpha value is -2.37. The normalized spacial score (nSPS) is 10.5. The number of hydrogen-bond donors (Lipinski definition) is 0. The molecule has 0 saturated heterocycles. The largest absolute Gasteiger partial charge is 0.280 e. The van der Waals surface area contributed by atoms with Crippen molar-refractivity contribution >= 4 is 11.9 Å². The van der Waals surface area contributed by atoms with Crippen LogP contribution in [-0.2, 0) is 0 Å². The Bertz CT molecular complexity index is 570. The minimum atomic E-state index is -0.212. The summed E-state index contributed by atoms with van der Waals surface area (Å²) < 4.78 is 0. The van der Waals surface area contributed by atoms with Crippen LogP contribution in [0.1, 0.15) is 35.8 Å². The number of anilines is 1. The van der Waals surface area contributed by atoms with Gasteiger partial charge in [0, 0.05) is 25.6 Å². The van der Waals surface area contributed by atoms with E-state index in [9.17, 15) is 4.79 Å². The highest BCUT2D eigenvalue weighted by Crippen LogP contribution is 2.18. The lowest BCUT2D eigenvalue weighted by atomic mass is 10.0. The van der Waals surface area contributed by atoms with Crippen LogP contribution in [0.4, 0.5) is 5.95 Å². The second-order valence-electron chi connectivity index (χ2n) is 4.39. The van der Waals surface area contributed by atoms with Crippen molar-refractivity contribution in [1.82, 2.24) is 19.9 Å². The highest BCUT2D eigenvalue weighted by Gasteiger charge is 2.21. The summed E-state index contributed by atoms with van der Waals surface area (Å²) >= 11 is 0. The number of amides is 1. The van der Waals surface area contributed by atoms with Crippen molar-refractivity contribution in [1.29, 1.82) is 0 Å². The predicted octanol–water partition coefficient (Wildman–Crippen LogP) is 1.67. The lowest BCUT2D eigenvalue weighted by molar-refractivity contribution is 0.0989. The Morgan fingerprint density at radius 1 is 1.21 bits per heavy atom. The number of carbonyl (C=O) groups excluding carboxylic acids is 1. The summed E-state index contributed by atoms with van der Waals surface area (Å²) in [7, 11) is 1.63. The Labute approximate surface area is 111 Å². The maximum Gasteiger partial charge on any atom is 0.263 e. The van der Waals surface area contributed by atoms with Gasteiger partial charge in [-0.3, -0.25) is 9.69 Å². The second-order valence-corrected chi connectivity index (χ2v) is 4.39. The molecule has 0 N–H and O–H groups in total. The predicted molar refractivity (Wildman–Crippen MR) is 70.9 cm³/mol. The van der Waals surface area contributed by atoms with Gasteiger partial charge in [-0.25, -0.2) is 19.9 Å². The Morgan fingerprint density at radius 2 is 1.89 bits per heavy atom. The fourth-order valence-corrected chi connectivity index (χ4v) is 1.70. The standard InChI is InChI=1S/C13H15N5O/c1-9(2)11-10(7-14-8-17-11)12(19)18(3)13-15-5-4-6-16-13/h4-9H,1-3H3. The molecular weight excluding hydrogens is 242 g/mol. The summed E-state index contributed by atoms with van der Waals surface area (Å²) in [5.74, 6) is 0.286. The van der Waals surface area contributed by atoms with Gasteiger partial charge in [-0.2, -0.15) is 0 Å². The molecule has 98 valence electrons. The monoisotopic (exact) mass is 257 g/mol. The Kier molecular flexibility index (Phi) is 3.79. The number of hydrogen-bond acceptors (Lipinski definition) is 5. The Balaban J connectivity index is 2.35. The topological polar surface area (TPSA) is 71.9 Å². The van der Waals surface area contributed by atoms with Gasteiger partial charge in [-0.05, 0) is 12.0 Å². The second kappa shape index (κ2) is 5.51. The van der Waals surface area contributed by atoms with E-state index in [-0.39, 0.29) is 11.8 Å². The van der Waals surface area contributed by atoms with Crippen LogP contribution in [0.3, 0.4) is 0 Å². The van der Waals surface area contributed by atoms with Crippen molar-refractivity contribution < 1.29 is 4.79 Å². The first kappa shape index (κ1) is 13.1. The maximum atomic E-state index is 12.4. The molecule has 6 nitrogen and oxygen atoms in total. The molecule has 6 heteroatoms. The first-order valence-electron chi connectivity index (χ1n) is 5.96. The number of rotatable bonds is 3. The smallest absolute Gasteiger partial charge is 0.263 e. The van der Waals surface area contributed by atoms with Crippen molar-refractivity contribution in [2.75, 3.05) is 11.9 Å². The molecule has 0 radical (unpaired) electrons. The molecule has 19 heavy (non-hydrogen) atoms. The lowest BCUT2D eigenvalue weighted by Gasteiger charge is -2.17. The molecule has 0 aliphatic heterocycles. The van der Waals surface area contributed by atoms with E-state index < -0.39 is 0 Å². The average Bonchev–Trinajstić information content (AvgIpc) is 2.46. The van der Waals surface area contributed by atoms with Gasteiger partial charge < -0.3 is 0 Å². The van der Waals surface area contributed by atoms with Crippen LogP contribution < -0.4 is 4.90 Å². The molecule has 2 aromatic rings. The molecule has 0 atom stereocenters. The molecule has 2 aromatic heterocycles. The molecule has 0 spiro atoms. The molecule has 0 aromatic carbocycles. The summed E-state index contributed by atoms with van der Waals surface area (Å²) in [5.41, 5.74) is 1.20. The molecule has 2 rings (SSSR count). The van der Waals surface area contributed by atoms with Gasteiger partial charge in [0.1, 0.15) is 6.33 Å². The van der Waals surface area contributed by atoms with E-state index in [0.29, 0.717) is 11.5 Å². The van der Waals surface area contributed by atoms with Gasteiger partial charge in [0.2, 0.25) is 5.95 Å². The molecule has 0 unspecified atom stereocenters. The van der Waals surface area contributed by atoms with Crippen LogP contribution in [0.2, 0.25) is 0 Å². The van der Waals surface area contributed by atoms with Crippen molar-refractivity contribution in [3.05, 3.63) is 42.2 Å². The van der Waals surface area contributed by atoms with Crippen LogP contribution in [0.25, 0.3) is 0 Å². The first-order valence-corrected chi connectivity index (χ1v) is 5.96. The van der Waals surface area contributed by atoms with Crippen LogP contribution in [0.5, 0.6) is 0 Å². The number of nitrogens with zero attached hydrogens (tertiary/aromatic N) is 5. The minimum absolute atomic E-state index is 0.145. The highest BCUT2D eigenvalue weighted by atomic mass is 16.2. The third-order valence-corrected chi connectivity index (χ3v) is 2.68. The number of aromatic nitrogens is 4. The highest BCUT2D eigenvalue weighted by molar-refractivity contribution is 6.05. The Morgan fingerprint density at radius 3 is 2.53 bits per heavy atom. The SMILES string of the molecule is CC(C)c1ncncc1C(=O)N(C)c1ncccn1. The molecule has 0 bridgehead atoms. The van der Waals surface area contributed by atoms with Gasteiger partial charge in [0.15, 0.2) is 0 Å². The lowest BCUT2D eigenvalue weighted by Crippen LogP contribution is -2.29. The van der Waals surface area contributed by atoms with Gasteiger partial charge in [0.05, 0.1) is 11.3 Å². The van der Waals surface area contributed by atoms with Crippen LogP contribution >= 0.6 is 0 Å². The summed E-state index contributed by atoms with van der Waals surface area (Å²) in [4.78, 5) is 30.0. The van der Waals surface area contributed by atoms with Crippen molar-refractivity contribution in [3.63, 3.8) is 0 Å². The molecular formula is C13H15N5O. The van der Waals surface area contributed by atoms with E-state index in [2.05, 4.69) is 19.9 Å². The summed E-state index contributed by atoms with van der Waals surface area (Å²) in [6.07, 6.45) is 6.17. The van der Waals surface area contributed by atoms with Gasteiger partial charge in [-0.1, -0.05) is 13.8 Å². The van der Waals surface area contributed by atoms with Gasteiger partial charge in [-0.15, -0.1) is 0 Å². The zero-order valence-electron chi connectivity index (χ0n) is 11.1. The fraction of sp³-hybridized carbons (Fsp3) is 0.308. The van der Waals surface area contributed by atoms with E-state index >= 15 is 0 Å². The van der Waals surface area contributed by atoms with E-state index in [1.165, 1.54) is 17.4 Å². The van der Waals surface area contributed by atoms with Crippen LogP contribution in [-0.4, -0.2) is 32.9 Å². The van der Waals surface area contributed by atoms with Gasteiger partial charge >= 0.3 is 0 Å². The maximum absolute atomic E-state index is 12.4. The molecule has 0 aliphatic carbocycles. The van der Waals surface area contributed by atoms with E-state index in [1.807, 2.05) is 13.8 Å². The van der Waals surface area contributed by atoms with Crippen molar-refractivity contribution in [2.24, 2.45) is 0 Å². The molecule has 0 fully saturated rings. The molecule has 2 heterocycles. The van der Waals surface area contributed by atoms with E-state index in [1.54, 1.807) is 25.5 Å². The molecule has 0 saturated carbocycles. The zero-order chi connectivity index (χ0) is 13.8. The van der Waals surface area contributed by atoms with Crippen LogP contribution in [0.15, 0.2) is 31.0 Å². The van der Waals surface area contributed by atoms with E-state index in [0.717, 1.165) is 5.69 Å². The first-order chi connectivity index (χ1) is 9.11. The number of carbonyl (C=O) groups is 1. The summed E-state index contributed by atoms with van der Waals surface area (Å²) in [6.45, 7) is 3.97. The summed E-state index contributed by atoms with van der Waals surface area (Å²) in [5, 5.41) is 0. The third-order valence-electron chi connectivity index (χ3n) is 2.68. The fourth-order valence-electron chi connectivity index (χ4n) is 1.70. The average molecular weight is 257 g/mol. The minimum Gasteiger partial charge on any atom is -0.280 e.